The molecule has 1 unspecified atom stereocenters. The zero-order valence-corrected chi connectivity index (χ0v) is 28.5. The summed E-state index contributed by atoms with van der Waals surface area (Å²) in [5, 5.41) is 12.4. The molecule has 258 valence electrons. The van der Waals surface area contributed by atoms with Gasteiger partial charge in [-0.05, 0) is 72.5 Å². The van der Waals surface area contributed by atoms with E-state index in [1.165, 1.54) is 30.6 Å². The third-order valence-electron chi connectivity index (χ3n) is 10.1. The van der Waals surface area contributed by atoms with Crippen molar-refractivity contribution >= 4 is 33.1 Å². The van der Waals surface area contributed by atoms with E-state index in [9.17, 15) is 9.18 Å². The van der Waals surface area contributed by atoms with Crippen LogP contribution in [-0.2, 0) is 19.3 Å². The lowest BCUT2D eigenvalue weighted by Crippen LogP contribution is -2.28. The highest BCUT2D eigenvalue weighted by atomic mass is 32.1. The Labute approximate surface area is 294 Å². The summed E-state index contributed by atoms with van der Waals surface area (Å²) in [4.78, 5) is 26.5. The third kappa shape index (κ3) is 5.16. The van der Waals surface area contributed by atoms with Crippen molar-refractivity contribution < 1.29 is 27.1 Å². The van der Waals surface area contributed by atoms with Crippen LogP contribution in [0.1, 0.15) is 69.3 Å². The number of halogens is 3. The minimum absolute atomic E-state index is 0.109. The van der Waals surface area contributed by atoms with Crippen molar-refractivity contribution in [2.24, 2.45) is 0 Å². The molecular formula is C38H31F3N6O3S. The van der Waals surface area contributed by atoms with Crippen LogP contribution in [0.3, 0.4) is 0 Å². The highest BCUT2D eigenvalue weighted by molar-refractivity contribution is 7.23. The first-order valence-corrected chi connectivity index (χ1v) is 17.6. The van der Waals surface area contributed by atoms with Crippen molar-refractivity contribution in [3.05, 3.63) is 106 Å². The summed E-state index contributed by atoms with van der Waals surface area (Å²) >= 11 is 1.36. The number of nitrogens with one attached hydrogen (secondary N) is 1. The molecule has 6 heterocycles. The molecule has 1 aliphatic carbocycles. The molecule has 0 radical (unpaired) electrons. The Balaban J connectivity index is 1.21. The van der Waals surface area contributed by atoms with Gasteiger partial charge < -0.3 is 19.4 Å². The lowest BCUT2D eigenvalue weighted by molar-refractivity contribution is -0.00734. The van der Waals surface area contributed by atoms with E-state index in [4.69, 9.17) is 14.1 Å². The topological polar surface area (TPSA) is 106 Å². The van der Waals surface area contributed by atoms with Gasteiger partial charge in [-0.15, -0.1) is 21.5 Å². The summed E-state index contributed by atoms with van der Waals surface area (Å²) in [6, 6.07) is 13.8. The molecule has 2 atom stereocenters. The largest absolute Gasteiger partial charge is 0.496 e. The number of anilines is 1. The second-order valence-electron chi connectivity index (χ2n) is 13.2. The van der Waals surface area contributed by atoms with Crippen molar-refractivity contribution in [1.29, 1.82) is 0 Å². The highest BCUT2D eigenvalue weighted by Crippen LogP contribution is 2.52. The molecule has 0 saturated carbocycles. The van der Waals surface area contributed by atoms with Gasteiger partial charge >= 0.3 is 0 Å². The lowest BCUT2D eigenvalue weighted by Gasteiger charge is -2.22. The maximum Gasteiger partial charge on any atom is 0.276 e. The van der Waals surface area contributed by atoms with Gasteiger partial charge in [0.1, 0.15) is 23.4 Å². The standard InChI is InChI=1S/C38H31F3N6O3S/c1-19-45-46-36(50-19)29-25(13-10-20-8-11-22(39)12-9-20)43-32-26-6-4-16-47(26)37(48)31(32)30(29)28-17-21-14-15-42-35(33(21)51-28)44-34-23-5-3-7-27(49-2)24(23)18-38(34,40)41/h3,5,7-9,11-12,14-15,17,26,34H,4,6,10,13,16,18H2,1-2H3,(H,42,44)/t26?,34-/m0/s1. The van der Waals surface area contributed by atoms with Gasteiger partial charge in [-0.2, -0.15) is 0 Å². The van der Waals surface area contributed by atoms with Crippen molar-refractivity contribution in [1.82, 2.24) is 25.1 Å². The Morgan fingerprint density at radius 3 is 2.71 bits per heavy atom. The van der Waals surface area contributed by atoms with Crippen LogP contribution in [0, 0.1) is 12.7 Å². The Morgan fingerprint density at radius 1 is 1.08 bits per heavy atom. The third-order valence-corrected chi connectivity index (χ3v) is 11.3. The quantitative estimate of drug-likeness (QED) is 0.168. The van der Waals surface area contributed by atoms with E-state index in [1.807, 2.05) is 17.0 Å². The Morgan fingerprint density at radius 2 is 1.92 bits per heavy atom. The molecule has 9 nitrogen and oxygen atoms in total. The number of aryl methyl sites for hydroxylation is 3. The van der Waals surface area contributed by atoms with Crippen molar-refractivity contribution in [2.45, 2.75) is 57.0 Å². The Bertz CT molecular complexity index is 2360. The molecule has 1 amide bonds. The van der Waals surface area contributed by atoms with Crippen LogP contribution >= 0.6 is 11.3 Å². The van der Waals surface area contributed by atoms with Crippen LogP contribution in [0.15, 0.2) is 65.2 Å². The molecule has 1 fully saturated rings. The number of carbonyl (C=O) groups excluding carboxylic acids is 1. The van der Waals surface area contributed by atoms with Crippen LogP contribution < -0.4 is 10.1 Å². The number of hydrogen-bond donors (Lipinski definition) is 1. The van der Waals surface area contributed by atoms with Gasteiger partial charge in [0, 0.05) is 42.1 Å². The molecule has 1 saturated heterocycles. The number of rotatable bonds is 8. The number of alkyl halides is 2. The summed E-state index contributed by atoms with van der Waals surface area (Å²) in [6.07, 6.45) is 3.84. The number of nitrogens with zero attached hydrogens (tertiary/aromatic N) is 5. The fraction of sp³-hybridized carbons (Fsp3) is 0.289. The molecular weight excluding hydrogens is 678 g/mol. The van der Waals surface area contributed by atoms with Gasteiger partial charge in [-0.1, -0.05) is 24.3 Å². The van der Waals surface area contributed by atoms with Crippen LogP contribution in [0.25, 0.3) is 32.0 Å². The van der Waals surface area contributed by atoms with E-state index < -0.39 is 18.4 Å². The number of aromatic nitrogens is 4. The average molecular weight is 709 g/mol. The summed E-state index contributed by atoms with van der Waals surface area (Å²) in [7, 11) is 1.48. The van der Waals surface area contributed by atoms with E-state index in [0.29, 0.717) is 80.7 Å². The van der Waals surface area contributed by atoms with E-state index >= 15 is 8.78 Å². The Kier molecular flexibility index (Phi) is 7.39. The first kappa shape index (κ1) is 31.7. The summed E-state index contributed by atoms with van der Waals surface area (Å²) in [5.74, 6) is -2.18. The SMILES string of the molecule is COc1cccc2c1CC(F)(F)[C@H]2Nc1nccc2cc(-c3c4c(nc(CCc5ccc(F)cc5)c3-c3nnc(C)o3)C3CCCN3C4=O)sc12. The molecule has 2 aromatic carbocycles. The molecule has 6 aromatic rings. The number of benzene rings is 2. The number of ether oxygens (including phenoxy) is 1. The number of carbonyl (C=O) groups is 1. The highest BCUT2D eigenvalue weighted by Gasteiger charge is 2.49. The fourth-order valence-corrected chi connectivity index (χ4v) is 8.99. The smallest absolute Gasteiger partial charge is 0.276 e. The zero-order chi connectivity index (χ0) is 35.0. The molecule has 51 heavy (non-hydrogen) atoms. The second-order valence-corrected chi connectivity index (χ2v) is 14.3. The van der Waals surface area contributed by atoms with Gasteiger partial charge in [0.05, 0.1) is 40.4 Å². The van der Waals surface area contributed by atoms with Gasteiger partial charge in [-0.3, -0.25) is 9.78 Å². The molecule has 0 spiro atoms. The number of methoxy groups -OCH3 is 1. The number of pyridine rings is 2. The zero-order valence-electron chi connectivity index (χ0n) is 27.7. The number of amides is 1. The molecule has 4 aromatic heterocycles. The number of hydrogen-bond acceptors (Lipinski definition) is 9. The van der Waals surface area contributed by atoms with E-state index in [-0.39, 0.29) is 23.7 Å². The lowest BCUT2D eigenvalue weighted by atomic mass is 9.93. The van der Waals surface area contributed by atoms with Crippen molar-refractivity contribution in [3.8, 4) is 27.6 Å². The first-order chi connectivity index (χ1) is 24.7. The predicted molar refractivity (Wildman–Crippen MR) is 186 cm³/mol. The van der Waals surface area contributed by atoms with Crippen LogP contribution in [-0.4, -0.2) is 50.5 Å². The van der Waals surface area contributed by atoms with Gasteiger partial charge in [0.25, 0.3) is 11.8 Å². The summed E-state index contributed by atoms with van der Waals surface area (Å²) in [5.41, 5.74) is 4.95. The number of fused-ring (bicyclic) bond motifs is 5. The van der Waals surface area contributed by atoms with Crippen LogP contribution in [0.4, 0.5) is 19.0 Å². The average Bonchev–Trinajstić information content (AvgIpc) is 3.95. The Hall–Kier alpha value is -5.30. The van der Waals surface area contributed by atoms with E-state index in [0.717, 1.165) is 28.7 Å². The molecule has 13 heteroatoms. The minimum Gasteiger partial charge on any atom is -0.496 e. The van der Waals surface area contributed by atoms with Gasteiger partial charge in [-0.25, -0.2) is 18.2 Å². The number of thiophene rings is 1. The van der Waals surface area contributed by atoms with Crippen molar-refractivity contribution in [3.63, 3.8) is 0 Å². The second kappa shape index (κ2) is 11.9. The normalized spacial score (nSPS) is 18.7. The first-order valence-electron chi connectivity index (χ1n) is 16.8. The van der Waals surface area contributed by atoms with E-state index in [2.05, 4.69) is 20.5 Å². The predicted octanol–water partition coefficient (Wildman–Crippen LogP) is 8.28. The summed E-state index contributed by atoms with van der Waals surface area (Å²) in [6.45, 7) is 2.33. The summed E-state index contributed by atoms with van der Waals surface area (Å²) < 4.78 is 57.1. The monoisotopic (exact) mass is 708 g/mol. The fourth-order valence-electron chi connectivity index (χ4n) is 7.83. The molecule has 2 aliphatic heterocycles. The van der Waals surface area contributed by atoms with Crippen LogP contribution in [0.5, 0.6) is 5.75 Å². The van der Waals surface area contributed by atoms with Gasteiger partial charge in [0.2, 0.25) is 11.8 Å². The van der Waals surface area contributed by atoms with Crippen molar-refractivity contribution in [2.75, 3.05) is 19.0 Å². The maximum absolute atomic E-state index is 15.6. The van der Waals surface area contributed by atoms with Crippen LogP contribution in [0.2, 0.25) is 0 Å². The molecule has 9 rings (SSSR count). The maximum atomic E-state index is 15.6. The van der Waals surface area contributed by atoms with Gasteiger partial charge in [0.15, 0.2) is 0 Å². The minimum atomic E-state index is -3.09. The molecule has 3 aliphatic rings. The molecule has 0 bridgehead atoms. The van der Waals surface area contributed by atoms with E-state index in [1.54, 1.807) is 43.5 Å². The molecule has 1 N–H and O–H groups in total.